The van der Waals surface area contributed by atoms with E-state index in [1.807, 2.05) is 44.2 Å². The Hall–Kier alpha value is -2.53. The Labute approximate surface area is 165 Å². The minimum Gasteiger partial charge on any atom is -0.492 e. The zero-order valence-electron chi connectivity index (χ0n) is 15.8. The van der Waals surface area contributed by atoms with Gasteiger partial charge in [-0.3, -0.25) is 9.59 Å². The number of halogens is 1. The minimum atomic E-state index is -0.643. The van der Waals surface area contributed by atoms with Gasteiger partial charge in [-0.25, -0.2) is 0 Å². The molecule has 1 N–H and O–H groups in total. The van der Waals surface area contributed by atoms with Crippen molar-refractivity contribution in [3.05, 3.63) is 65.2 Å². The molecule has 0 heterocycles. The van der Waals surface area contributed by atoms with E-state index in [9.17, 15) is 9.59 Å². The second kappa shape index (κ2) is 9.97. The molecule has 0 fully saturated rings. The van der Waals surface area contributed by atoms with E-state index < -0.39 is 6.04 Å². The van der Waals surface area contributed by atoms with Crippen LogP contribution in [0.3, 0.4) is 0 Å². The summed E-state index contributed by atoms with van der Waals surface area (Å²) in [6.45, 7) is 4.57. The highest BCUT2D eigenvalue weighted by Gasteiger charge is 2.27. The number of rotatable bonds is 8. The maximum Gasteiger partial charge on any atom is 0.253 e. The highest BCUT2D eigenvalue weighted by atomic mass is 35.5. The van der Waals surface area contributed by atoms with Crippen LogP contribution in [-0.2, 0) is 4.79 Å². The first kappa shape index (κ1) is 20.8. The molecular formula is C21H25ClN2O3. The summed E-state index contributed by atoms with van der Waals surface area (Å²) in [4.78, 5) is 26.9. The van der Waals surface area contributed by atoms with Gasteiger partial charge in [0.05, 0.1) is 17.1 Å². The van der Waals surface area contributed by atoms with Crippen LogP contribution in [0.5, 0.6) is 5.75 Å². The SMILES string of the molecule is CC(C)C(NC(=O)c1ccccc1Cl)C(=O)N(C)CCOc1ccccc1. The number of hydrogen-bond acceptors (Lipinski definition) is 3. The molecule has 0 spiro atoms. The zero-order chi connectivity index (χ0) is 19.8. The number of carbonyl (C=O) groups excluding carboxylic acids is 2. The number of amides is 2. The number of nitrogens with zero attached hydrogens (tertiary/aromatic N) is 1. The number of nitrogens with one attached hydrogen (secondary N) is 1. The lowest BCUT2D eigenvalue weighted by Crippen LogP contribution is -2.50. The summed E-state index contributed by atoms with van der Waals surface area (Å²) in [6.07, 6.45) is 0. The van der Waals surface area contributed by atoms with E-state index in [2.05, 4.69) is 5.32 Å². The fourth-order valence-corrected chi connectivity index (χ4v) is 2.76. The second-order valence-corrected chi connectivity index (χ2v) is 7.00. The largest absolute Gasteiger partial charge is 0.492 e. The van der Waals surface area contributed by atoms with Gasteiger partial charge in [0.2, 0.25) is 5.91 Å². The summed E-state index contributed by atoms with van der Waals surface area (Å²) >= 11 is 6.08. The Morgan fingerprint density at radius 2 is 1.70 bits per heavy atom. The first-order valence-corrected chi connectivity index (χ1v) is 9.26. The third-order valence-electron chi connectivity index (χ3n) is 4.15. The molecule has 0 bridgehead atoms. The summed E-state index contributed by atoms with van der Waals surface area (Å²) in [5.74, 6) is 0.163. The van der Waals surface area contributed by atoms with E-state index in [1.54, 1.807) is 36.2 Å². The molecule has 2 aromatic rings. The zero-order valence-corrected chi connectivity index (χ0v) is 16.6. The first-order chi connectivity index (χ1) is 12.9. The van der Waals surface area contributed by atoms with Gasteiger partial charge in [-0.15, -0.1) is 0 Å². The maximum absolute atomic E-state index is 12.8. The Bertz CT molecular complexity index is 765. The molecule has 5 nitrogen and oxygen atoms in total. The van der Waals surface area contributed by atoms with Crippen molar-refractivity contribution in [3.8, 4) is 5.75 Å². The van der Waals surface area contributed by atoms with Crippen LogP contribution in [0, 0.1) is 5.92 Å². The summed E-state index contributed by atoms with van der Waals surface area (Å²) in [5.41, 5.74) is 0.354. The van der Waals surface area contributed by atoms with Crippen LogP contribution in [-0.4, -0.2) is 43.0 Å². The molecule has 0 saturated carbocycles. The van der Waals surface area contributed by atoms with Crippen molar-refractivity contribution in [2.45, 2.75) is 19.9 Å². The van der Waals surface area contributed by atoms with Crippen LogP contribution in [0.15, 0.2) is 54.6 Å². The van der Waals surface area contributed by atoms with E-state index in [1.165, 1.54) is 0 Å². The van der Waals surface area contributed by atoms with E-state index in [4.69, 9.17) is 16.3 Å². The number of hydrogen-bond donors (Lipinski definition) is 1. The van der Waals surface area contributed by atoms with Crippen molar-refractivity contribution in [1.29, 1.82) is 0 Å². The van der Waals surface area contributed by atoms with Crippen molar-refractivity contribution in [1.82, 2.24) is 10.2 Å². The lowest BCUT2D eigenvalue weighted by atomic mass is 10.0. The third kappa shape index (κ3) is 6.00. The Balaban J connectivity index is 1.95. The monoisotopic (exact) mass is 388 g/mol. The van der Waals surface area contributed by atoms with E-state index in [0.29, 0.717) is 23.7 Å². The summed E-state index contributed by atoms with van der Waals surface area (Å²) in [7, 11) is 1.70. The summed E-state index contributed by atoms with van der Waals surface area (Å²) in [5, 5.41) is 3.16. The van der Waals surface area contributed by atoms with Crippen molar-refractivity contribution < 1.29 is 14.3 Å². The van der Waals surface area contributed by atoms with E-state index >= 15 is 0 Å². The smallest absolute Gasteiger partial charge is 0.253 e. The van der Waals surface area contributed by atoms with Gasteiger partial charge in [-0.2, -0.15) is 0 Å². The molecule has 6 heteroatoms. The molecular weight excluding hydrogens is 364 g/mol. The molecule has 1 unspecified atom stereocenters. The number of benzene rings is 2. The molecule has 0 aliphatic carbocycles. The molecule has 0 aliphatic rings. The predicted molar refractivity (Wildman–Crippen MR) is 107 cm³/mol. The molecule has 27 heavy (non-hydrogen) atoms. The maximum atomic E-state index is 12.8. The lowest BCUT2D eigenvalue weighted by molar-refractivity contribution is -0.133. The third-order valence-corrected chi connectivity index (χ3v) is 4.48. The molecule has 0 aliphatic heterocycles. The van der Waals surface area contributed by atoms with E-state index in [0.717, 1.165) is 5.75 Å². The minimum absolute atomic E-state index is 0.0681. The molecule has 1 atom stereocenters. The molecule has 0 saturated heterocycles. The van der Waals surface area contributed by atoms with Gasteiger partial charge in [-0.1, -0.05) is 55.8 Å². The molecule has 144 valence electrons. The highest BCUT2D eigenvalue weighted by Crippen LogP contribution is 2.16. The van der Waals surface area contributed by atoms with Gasteiger partial charge >= 0.3 is 0 Å². The van der Waals surface area contributed by atoms with E-state index in [-0.39, 0.29) is 17.7 Å². The van der Waals surface area contributed by atoms with Gasteiger partial charge < -0.3 is 15.0 Å². The predicted octanol–water partition coefficient (Wildman–Crippen LogP) is 3.63. The van der Waals surface area contributed by atoms with Crippen LogP contribution < -0.4 is 10.1 Å². The van der Waals surface area contributed by atoms with Crippen molar-refractivity contribution >= 4 is 23.4 Å². The van der Waals surface area contributed by atoms with Crippen LogP contribution in [0.2, 0.25) is 5.02 Å². The molecule has 2 aromatic carbocycles. The number of carbonyl (C=O) groups is 2. The molecule has 0 radical (unpaired) electrons. The fourth-order valence-electron chi connectivity index (χ4n) is 2.54. The van der Waals surface area contributed by atoms with Gasteiger partial charge in [0.1, 0.15) is 18.4 Å². The fraction of sp³-hybridized carbons (Fsp3) is 0.333. The topological polar surface area (TPSA) is 58.6 Å². The van der Waals surface area contributed by atoms with Crippen LogP contribution in [0.4, 0.5) is 0 Å². The average Bonchev–Trinajstić information content (AvgIpc) is 2.66. The lowest BCUT2D eigenvalue weighted by Gasteiger charge is -2.27. The van der Waals surface area contributed by atoms with Crippen molar-refractivity contribution in [2.75, 3.05) is 20.2 Å². The Morgan fingerprint density at radius 1 is 1.07 bits per heavy atom. The molecule has 2 rings (SSSR count). The second-order valence-electron chi connectivity index (χ2n) is 6.60. The number of para-hydroxylation sites is 1. The summed E-state index contributed by atoms with van der Waals surface area (Å²) < 4.78 is 5.63. The number of likely N-dealkylation sites (N-methyl/N-ethyl adjacent to an activating group) is 1. The van der Waals surface area contributed by atoms with Crippen molar-refractivity contribution in [2.24, 2.45) is 5.92 Å². The van der Waals surface area contributed by atoms with Gasteiger partial charge in [0, 0.05) is 7.05 Å². The number of ether oxygens (including phenoxy) is 1. The quantitative estimate of drug-likeness (QED) is 0.751. The average molecular weight is 389 g/mol. The standard InChI is InChI=1S/C21H25ClN2O3/c1-15(2)19(23-20(25)17-11-7-8-12-18(17)22)21(26)24(3)13-14-27-16-9-5-4-6-10-16/h4-12,15,19H,13-14H2,1-3H3,(H,23,25). The Kier molecular flexibility index (Phi) is 7.67. The van der Waals surface area contributed by atoms with Gasteiger partial charge in [-0.05, 0) is 30.2 Å². The van der Waals surface area contributed by atoms with Gasteiger partial charge in [0.15, 0.2) is 0 Å². The Morgan fingerprint density at radius 3 is 2.33 bits per heavy atom. The summed E-state index contributed by atoms with van der Waals surface area (Å²) in [6, 6.07) is 15.6. The van der Waals surface area contributed by atoms with Crippen LogP contribution in [0.1, 0.15) is 24.2 Å². The van der Waals surface area contributed by atoms with Crippen LogP contribution >= 0.6 is 11.6 Å². The van der Waals surface area contributed by atoms with Crippen LogP contribution in [0.25, 0.3) is 0 Å². The molecule has 2 amide bonds. The normalized spacial score (nSPS) is 11.7. The van der Waals surface area contributed by atoms with Crippen molar-refractivity contribution in [3.63, 3.8) is 0 Å². The highest BCUT2D eigenvalue weighted by molar-refractivity contribution is 6.33. The van der Waals surface area contributed by atoms with Gasteiger partial charge in [0.25, 0.3) is 5.91 Å². The first-order valence-electron chi connectivity index (χ1n) is 8.88. The molecule has 0 aromatic heterocycles.